The minimum Gasteiger partial charge on any atom is -0.330 e. The zero-order valence-electron chi connectivity index (χ0n) is 11.1. The molecule has 0 aromatic heterocycles. The molecule has 0 saturated heterocycles. The molecule has 0 aliphatic heterocycles. The lowest BCUT2D eigenvalue weighted by atomic mass is 9.95. The first-order valence-corrected chi connectivity index (χ1v) is 7.25. The van der Waals surface area contributed by atoms with E-state index in [1.54, 1.807) is 0 Å². The smallest absolute Gasteiger partial charge is 0.0456 e. The molecular formula is C14H22Cl2N2. The molecule has 102 valence electrons. The van der Waals surface area contributed by atoms with Gasteiger partial charge in [0.25, 0.3) is 0 Å². The van der Waals surface area contributed by atoms with Crippen molar-refractivity contribution in [2.45, 2.75) is 26.2 Å². The first kappa shape index (κ1) is 15.8. The Morgan fingerprint density at radius 3 is 2.17 bits per heavy atom. The Morgan fingerprint density at radius 1 is 1.17 bits per heavy atom. The van der Waals surface area contributed by atoms with Crippen LogP contribution in [0.25, 0.3) is 0 Å². The van der Waals surface area contributed by atoms with Gasteiger partial charge in [0.15, 0.2) is 0 Å². The molecule has 0 bridgehead atoms. The molecule has 18 heavy (non-hydrogen) atoms. The van der Waals surface area contributed by atoms with Crippen molar-refractivity contribution in [3.63, 3.8) is 0 Å². The van der Waals surface area contributed by atoms with Crippen LogP contribution in [-0.4, -0.2) is 31.1 Å². The summed E-state index contributed by atoms with van der Waals surface area (Å²) in [5.41, 5.74) is 6.87. The number of hydrogen-bond acceptors (Lipinski definition) is 2. The van der Waals surface area contributed by atoms with Gasteiger partial charge in [0.05, 0.1) is 0 Å². The second kappa shape index (κ2) is 8.00. The van der Waals surface area contributed by atoms with Crippen molar-refractivity contribution in [3.8, 4) is 0 Å². The monoisotopic (exact) mass is 288 g/mol. The van der Waals surface area contributed by atoms with Crippen molar-refractivity contribution in [1.29, 1.82) is 0 Å². The molecule has 0 spiro atoms. The minimum atomic E-state index is 0.229. The zero-order valence-corrected chi connectivity index (χ0v) is 12.6. The zero-order chi connectivity index (χ0) is 13.5. The summed E-state index contributed by atoms with van der Waals surface area (Å²) in [6.45, 7) is 8.06. The van der Waals surface area contributed by atoms with Gasteiger partial charge in [-0.05, 0) is 50.3 Å². The summed E-state index contributed by atoms with van der Waals surface area (Å²) >= 11 is 12.5. The van der Waals surface area contributed by atoms with E-state index in [-0.39, 0.29) is 5.92 Å². The van der Waals surface area contributed by atoms with E-state index < -0.39 is 0 Å². The van der Waals surface area contributed by atoms with Gasteiger partial charge in [0.2, 0.25) is 0 Å². The lowest BCUT2D eigenvalue weighted by Gasteiger charge is -2.23. The van der Waals surface area contributed by atoms with Crippen LogP contribution in [0.4, 0.5) is 0 Å². The fraction of sp³-hybridized carbons (Fsp3) is 0.571. The van der Waals surface area contributed by atoms with Gasteiger partial charge in [0.1, 0.15) is 0 Å². The Bertz CT molecular complexity index is 345. The van der Waals surface area contributed by atoms with E-state index in [4.69, 9.17) is 28.9 Å². The van der Waals surface area contributed by atoms with Gasteiger partial charge in [-0.2, -0.15) is 0 Å². The van der Waals surface area contributed by atoms with Crippen molar-refractivity contribution < 1.29 is 0 Å². The maximum Gasteiger partial charge on any atom is 0.0456 e. The third-order valence-corrected chi connectivity index (χ3v) is 4.04. The number of benzene rings is 1. The fourth-order valence-electron chi connectivity index (χ4n) is 2.16. The summed E-state index contributed by atoms with van der Waals surface area (Å²) in [7, 11) is 0. The highest BCUT2D eigenvalue weighted by Gasteiger charge is 2.17. The summed E-state index contributed by atoms with van der Waals surface area (Å²) in [6.07, 6.45) is 0.988. The average Bonchev–Trinajstić information content (AvgIpc) is 2.37. The van der Waals surface area contributed by atoms with Crippen LogP contribution < -0.4 is 5.73 Å². The Morgan fingerprint density at radius 2 is 1.72 bits per heavy atom. The van der Waals surface area contributed by atoms with Gasteiger partial charge >= 0.3 is 0 Å². The van der Waals surface area contributed by atoms with Crippen molar-refractivity contribution in [1.82, 2.24) is 4.90 Å². The van der Waals surface area contributed by atoms with E-state index in [0.717, 1.165) is 41.7 Å². The van der Waals surface area contributed by atoms with Crippen LogP contribution in [0.5, 0.6) is 0 Å². The molecule has 0 heterocycles. The maximum atomic E-state index is 6.23. The third kappa shape index (κ3) is 4.13. The average molecular weight is 289 g/mol. The van der Waals surface area contributed by atoms with Crippen LogP contribution in [0.15, 0.2) is 18.2 Å². The third-order valence-electron chi connectivity index (χ3n) is 3.38. The lowest BCUT2D eigenvalue weighted by Crippen LogP contribution is -2.27. The van der Waals surface area contributed by atoms with Gasteiger partial charge in [0, 0.05) is 16.0 Å². The highest BCUT2D eigenvalue weighted by Crippen LogP contribution is 2.32. The molecule has 1 rings (SSSR count). The van der Waals surface area contributed by atoms with Crippen molar-refractivity contribution >= 4 is 23.2 Å². The van der Waals surface area contributed by atoms with Crippen molar-refractivity contribution in [2.75, 3.05) is 26.2 Å². The van der Waals surface area contributed by atoms with E-state index in [9.17, 15) is 0 Å². The molecule has 0 amide bonds. The SMILES string of the molecule is CCN(CC)CCC(CN)c1c(Cl)cccc1Cl. The fourth-order valence-corrected chi connectivity index (χ4v) is 2.87. The first-order valence-electron chi connectivity index (χ1n) is 6.50. The van der Waals surface area contributed by atoms with Gasteiger partial charge in [-0.1, -0.05) is 43.1 Å². The molecule has 0 radical (unpaired) electrons. The maximum absolute atomic E-state index is 6.23. The summed E-state index contributed by atoms with van der Waals surface area (Å²) in [4.78, 5) is 2.38. The predicted molar refractivity (Wildman–Crippen MR) is 80.7 cm³/mol. The van der Waals surface area contributed by atoms with E-state index in [1.165, 1.54) is 0 Å². The number of halogens is 2. The molecule has 1 unspecified atom stereocenters. The molecule has 1 aromatic rings. The number of nitrogens with zero attached hydrogens (tertiary/aromatic N) is 1. The standard InChI is InChI=1S/C14H22Cl2N2/c1-3-18(4-2)9-8-11(10-17)14-12(15)6-5-7-13(14)16/h5-7,11H,3-4,8-10,17H2,1-2H3. The normalized spacial score (nSPS) is 13.0. The molecule has 1 aromatic carbocycles. The topological polar surface area (TPSA) is 29.3 Å². The van der Waals surface area contributed by atoms with Crippen LogP contribution in [0.1, 0.15) is 31.7 Å². The second-order valence-electron chi connectivity index (χ2n) is 4.38. The van der Waals surface area contributed by atoms with Crippen LogP contribution in [0.2, 0.25) is 10.0 Å². The molecule has 0 saturated carbocycles. The highest BCUT2D eigenvalue weighted by atomic mass is 35.5. The van der Waals surface area contributed by atoms with Crippen LogP contribution in [0.3, 0.4) is 0 Å². The lowest BCUT2D eigenvalue weighted by molar-refractivity contribution is 0.290. The minimum absolute atomic E-state index is 0.229. The molecule has 1 atom stereocenters. The summed E-state index contributed by atoms with van der Waals surface area (Å²) < 4.78 is 0. The molecule has 0 fully saturated rings. The van der Waals surface area contributed by atoms with E-state index in [0.29, 0.717) is 6.54 Å². The molecule has 2 nitrogen and oxygen atoms in total. The van der Waals surface area contributed by atoms with Gasteiger partial charge in [-0.25, -0.2) is 0 Å². The van der Waals surface area contributed by atoms with Gasteiger partial charge in [-0.15, -0.1) is 0 Å². The molecule has 0 aliphatic carbocycles. The van der Waals surface area contributed by atoms with E-state index in [1.807, 2.05) is 18.2 Å². The van der Waals surface area contributed by atoms with E-state index >= 15 is 0 Å². The predicted octanol–water partition coefficient (Wildman–Crippen LogP) is 3.77. The molecule has 2 N–H and O–H groups in total. The molecule has 4 heteroatoms. The Balaban J connectivity index is 2.77. The van der Waals surface area contributed by atoms with Gasteiger partial charge in [-0.3, -0.25) is 0 Å². The Hall–Kier alpha value is -0.280. The Kier molecular flexibility index (Phi) is 7.02. The van der Waals surface area contributed by atoms with Crippen molar-refractivity contribution in [2.24, 2.45) is 5.73 Å². The molecule has 0 aliphatic rings. The van der Waals surface area contributed by atoms with Crippen LogP contribution >= 0.6 is 23.2 Å². The van der Waals surface area contributed by atoms with Gasteiger partial charge < -0.3 is 10.6 Å². The first-order chi connectivity index (χ1) is 8.63. The quantitative estimate of drug-likeness (QED) is 0.828. The highest BCUT2D eigenvalue weighted by molar-refractivity contribution is 6.36. The summed E-state index contributed by atoms with van der Waals surface area (Å²) in [6, 6.07) is 5.62. The van der Waals surface area contributed by atoms with Crippen molar-refractivity contribution in [3.05, 3.63) is 33.8 Å². The van der Waals surface area contributed by atoms with Crippen LogP contribution in [-0.2, 0) is 0 Å². The Labute approximate surface area is 120 Å². The van der Waals surface area contributed by atoms with Crippen LogP contribution in [0, 0.1) is 0 Å². The number of rotatable bonds is 7. The summed E-state index contributed by atoms with van der Waals surface area (Å²) in [5.74, 6) is 0.229. The number of nitrogens with two attached hydrogens (primary N) is 1. The van der Waals surface area contributed by atoms with E-state index in [2.05, 4.69) is 18.7 Å². The molecular weight excluding hydrogens is 267 g/mol. The summed E-state index contributed by atoms with van der Waals surface area (Å²) in [5, 5.41) is 1.44. The largest absolute Gasteiger partial charge is 0.330 e. The number of hydrogen-bond donors (Lipinski definition) is 1. The second-order valence-corrected chi connectivity index (χ2v) is 5.20.